The van der Waals surface area contributed by atoms with Crippen molar-refractivity contribution in [2.45, 2.75) is 6.92 Å². The van der Waals surface area contributed by atoms with E-state index in [4.69, 9.17) is 0 Å². The molecule has 0 aliphatic carbocycles. The highest BCUT2D eigenvalue weighted by atomic mass is 32.2. The van der Waals surface area contributed by atoms with Gasteiger partial charge in [0.25, 0.3) is 0 Å². The van der Waals surface area contributed by atoms with E-state index in [1.807, 2.05) is 18.2 Å². The maximum Gasteiger partial charge on any atom is 0.148 e. The van der Waals surface area contributed by atoms with Crippen LogP contribution in [0.3, 0.4) is 0 Å². The summed E-state index contributed by atoms with van der Waals surface area (Å²) in [6.45, 7) is 5.25. The maximum atomic E-state index is 11.0. The Morgan fingerprint density at radius 1 is 1.17 bits per heavy atom. The van der Waals surface area contributed by atoms with Crippen LogP contribution in [0.4, 0.5) is 5.69 Å². The van der Waals surface area contributed by atoms with Gasteiger partial charge in [-0.3, -0.25) is 0 Å². The molecule has 1 aromatic rings. The maximum absolute atomic E-state index is 11.0. The number of anilines is 1. The molecular weight excluding hydrogens is 248 g/mol. The van der Waals surface area contributed by atoms with E-state index in [2.05, 4.69) is 29.3 Å². The molecule has 1 N–H and O–H groups in total. The highest BCUT2D eigenvalue weighted by Gasteiger charge is 2.04. The number of likely N-dealkylation sites (N-methyl/N-ethyl adjacent to an activating group) is 1. The number of para-hydroxylation sites is 1. The lowest BCUT2D eigenvalue weighted by atomic mass is 10.3. The van der Waals surface area contributed by atoms with E-state index in [9.17, 15) is 8.42 Å². The molecule has 0 aliphatic heterocycles. The molecule has 0 saturated carbocycles. The van der Waals surface area contributed by atoms with Crippen LogP contribution in [-0.2, 0) is 9.84 Å². The average Bonchev–Trinajstić information content (AvgIpc) is 2.33. The third kappa shape index (κ3) is 6.02. The number of rotatable bonds is 8. The monoisotopic (exact) mass is 270 g/mol. The lowest BCUT2D eigenvalue weighted by Crippen LogP contribution is -2.33. The second-order valence-electron chi connectivity index (χ2n) is 4.30. The molecule has 0 unspecified atom stereocenters. The van der Waals surface area contributed by atoms with Gasteiger partial charge >= 0.3 is 0 Å². The molecule has 0 saturated heterocycles. The van der Waals surface area contributed by atoms with Gasteiger partial charge in [0.05, 0.1) is 5.75 Å². The van der Waals surface area contributed by atoms with Crippen molar-refractivity contribution < 1.29 is 8.42 Å². The van der Waals surface area contributed by atoms with Gasteiger partial charge in [0.15, 0.2) is 0 Å². The first kappa shape index (κ1) is 15.0. The first-order valence-electron chi connectivity index (χ1n) is 6.21. The van der Waals surface area contributed by atoms with Crippen molar-refractivity contribution >= 4 is 15.5 Å². The Morgan fingerprint density at radius 2 is 1.83 bits per heavy atom. The van der Waals surface area contributed by atoms with Gasteiger partial charge in [-0.05, 0) is 19.1 Å². The molecule has 0 atom stereocenters. The fourth-order valence-corrected chi connectivity index (χ4v) is 2.22. The molecule has 102 valence electrons. The van der Waals surface area contributed by atoms with Gasteiger partial charge in [0.2, 0.25) is 0 Å². The number of sulfone groups is 1. The summed E-state index contributed by atoms with van der Waals surface area (Å²) in [5.41, 5.74) is 1.20. The average molecular weight is 270 g/mol. The Hall–Kier alpha value is -1.07. The SMILES string of the molecule is CCN(CCNCCS(C)(=O)=O)c1ccccc1. The predicted molar refractivity (Wildman–Crippen MR) is 76.9 cm³/mol. The number of hydrogen-bond acceptors (Lipinski definition) is 4. The van der Waals surface area contributed by atoms with Crippen LogP contribution in [0.1, 0.15) is 6.92 Å². The Balaban J connectivity index is 2.29. The smallest absolute Gasteiger partial charge is 0.148 e. The Kier molecular flexibility index (Phi) is 6.15. The second kappa shape index (κ2) is 7.38. The summed E-state index contributed by atoms with van der Waals surface area (Å²) < 4.78 is 21.9. The molecular formula is C13H22N2O2S. The summed E-state index contributed by atoms with van der Waals surface area (Å²) in [7, 11) is -2.86. The second-order valence-corrected chi connectivity index (χ2v) is 6.55. The van der Waals surface area contributed by atoms with Gasteiger partial charge in [0.1, 0.15) is 9.84 Å². The van der Waals surface area contributed by atoms with Crippen LogP contribution >= 0.6 is 0 Å². The summed E-state index contributed by atoms with van der Waals surface area (Å²) in [6.07, 6.45) is 1.26. The van der Waals surface area contributed by atoms with Crippen molar-refractivity contribution in [3.8, 4) is 0 Å². The van der Waals surface area contributed by atoms with Gasteiger partial charge in [-0.25, -0.2) is 8.42 Å². The van der Waals surface area contributed by atoms with E-state index >= 15 is 0 Å². The van der Waals surface area contributed by atoms with Gasteiger partial charge < -0.3 is 10.2 Å². The van der Waals surface area contributed by atoms with Crippen molar-refractivity contribution in [3.63, 3.8) is 0 Å². The van der Waals surface area contributed by atoms with E-state index in [0.29, 0.717) is 6.54 Å². The van der Waals surface area contributed by atoms with Gasteiger partial charge in [-0.15, -0.1) is 0 Å². The molecule has 0 amide bonds. The lowest BCUT2D eigenvalue weighted by molar-refractivity contribution is 0.596. The van der Waals surface area contributed by atoms with E-state index in [1.54, 1.807) is 0 Å². The van der Waals surface area contributed by atoms with Crippen LogP contribution < -0.4 is 10.2 Å². The summed E-state index contributed by atoms with van der Waals surface area (Å²) >= 11 is 0. The molecule has 0 spiro atoms. The largest absolute Gasteiger partial charge is 0.371 e. The highest BCUT2D eigenvalue weighted by molar-refractivity contribution is 7.90. The van der Waals surface area contributed by atoms with Crippen LogP contribution in [0.2, 0.25) is 0 Å². The van der Waals surface area contributed by atoms with Crippen molar-refractivity contribution in [2.75, 3.05) is 43.1 Å². The van der Waals surface area contributed by atoms with Crippen LogP contribution in [0.15, 0.2) is 30.3 Å². The van der Waals surface area contributed by atoms with Gasteiger partial charge in [0, 0.05) is 38.1 Å². The van der Waals surface area contributed by atoms with Gasteiger partial charge in [-0.1, -0.05) is 18.2 Å². The zero-order chi connectivity index (χ0) is 13.4. The normalized spacial score (nSPS) is 11.4. The minimum Gasteiger partial charge on any atom is -0.371 e. The predicted octanol–water partition coefficient (Wildman–Crippen LogP) is 1.15. The van der Waals surface area contributed by atoms with Crippen molar-refractivity contribution in [2.24, 2.45) is 0 Å². The zero-order valence-electron chi connectivity index (χ0n) is 11.1. The number of hydrogen-bond donors (Lipinski definition) is 1. The molecule has 5 heteroatoms. The number of nitrogens with one attached hydrogen (secondary N) is 1. The summed E-state index contributed by atoms with van der Waals surface area (Å²) in [4.78, 5) is 2.26. The zero-order valence-corrected chi connectivity index (χ0v) is 11.9. The molecule has 4 nitrogen and oxygen atoms in total. The molecule has 0 aliphatic rings. The molecule has 1 rings (SSSR count). The first-order chi connectivity index (χ1) is 8.53. The molecule has 0 heterocycles. The fourth-order valence-electron chi connectivity index (χ4n) is 1.71. The van der Waals surface area contributed by atoms with Crippen molar-refractivity contribution in [1.29, 1.82) is 0 Å². The van der Waals surface area contributed by atoms with Crippen molar-refractivity contribution in [1.82, 2.24) is 5.32 Å². The molecule has 0 aromatic heterocycles. The summed E-state index contributed by atoms with van der Waals surface area (Å²) in [5.74, 6) is 0.199. The van der Waals surface area contributed by atoms with E-state index < -0.39 is 9.84 Å². The number of benzene rings is 1. The first-order valence-corrected chi connectivity index (χ1v) is 8.27. The van der Waals surface area contributed by atoms with Crippen LogP contribution in [0.25, 0.3) is 0 Å². The van der Waals surface area contributed by atoms with E-state index in [-0.39, 0.29) is 5.75 Å². The van der Waals surface area contributed by atoms with Crippen molar-refractivity contribution in [3.05, 3.63) is 30.3 Å². The third-order valence-electron chi connectivity index (χ3n) is 2.71. The van der Waals surface area contributed by atoms with Crippen LogP contribution in [-0.4, -0.2) is 46.6 Å². The molecule has 18 heavy (non-hydrogen) atoms. The minimum atomic E-state index is -2.86. The molecule has 0 fully saturated rings. The summed E-state index contributed by atoms with van der Waals surface area (Å²) in [5, 5.41) is 3.16. The fraction of sp³-hybridized carbons (Fsp3) is 0.538. The molecule has 0 radical (unpaired) electrons. The topological polar surface area (TPSA) is 49.4 Å². The Bertz CT molecular complexity index is 432. The lowest BCUT2D eigenvalue weighted by Gasteiger charge is -2.23. The van der Waals surface area contributed by atoms with Crippen LogP contribution in [0, 0.1) is 0 Å². The molecule has 1 aromatic carbocycles. The van der Waals surface area contributed by atoms with E-state index in [0.717, 1.165) is 19.6 Å². The Labute approximate surface area is 110 Å². The van der Waals surface area contributed by atoms with E-state index in [1.165, 1.54) is 11.9 Å². The Morgan fingerprint density at radius 3 is 2.39 bits per heavy atom. The third-order valence-corrected chi connectivity index (χ3v) is 3.66. The molecule has 0 bridgehead atoms. The number of nitrogens with zero attached hydrogens (tertiary/aromatic N) is 1. The van der Waals surface area contributed by atoms with Crippen LogP contribution in [0.5, 0.6) is 0 Å². The highest BCUT2D eigenvalue weighted by Crippen LogP contribution is 2.11. The summed E-state index contributed by atoms with van der Waals surface area (Å²) in [6, 6.07) is 10.2. The minimum absolute atomic E-state index is 0.199. The quantitative estimate of drug-likeness (QED) is 0.720. The standard InChI is InChI=1S/C13H22N2O2S/c1-3-15(13-7-5-4-6-8-13)11-9-14-10-12-18(2,16)17/h4-8,14H,3,9-12H2,1-2H3. The van der Waals surface area contributed by atoms with Gasteiger partial charge in [-0.2, -0.15) is 0 Å².